The van der Waals surface area contributed by atoms with E-state index in [2.05, 4.69) is 91.5 Å². The lowest BCUT2D eigenvalue weighted by Crippen LogP contribution is -2.11. The number of aromatic nitrogens is 3. The van der Waals surface area contributed by atoms with E-state index in [1.165, 1.54) is 33.0 Å². The molecule has 0 fully saturated rings. The Bertz CT molecular complexity index is 3030. The number of hydrogen-bond donors (Lipinski definition) is 0. The molecule has 2 aliphatic carbocycles. The van der Waals surface area contributed by atoms with Gasteiger partial charge in [0.15, 0.2) is 17.5 Å². The molecule has 2 aromatic heterocycles. The summed E-state index contributed by atoms with van der Waals surface area (Å²) >= 11 is 0. The number of fused-ring (bicyclic) bond motifs is 3. The molecule has 6 aromatic carbocycles. The van der Waals surface area contributed by atoms with Crippen LogP contribution in [0.1, 0.15) is 46.0 Å². The number of allylic oxidation sites excluding steroid dienone is 6. The third-order valence-corrected chi connectivity index (χ3v) is 10.7. The van der Waals surface area contributed by atoms with Gasteiger partial charge in [-0.15, -0.1) is 0 Å². The minimum absolute atomic E-state index is 0.288. The molecule has 2 aliphatic rings. The molecule has 0 spiro atoms. The first kappa shape index (κ1) is 32.2. The minimum Gasteiger partial charge on any atom is -0.456 e. The van der Waals surface area contributed by atoms with E-state index in [1.54, 1.807) is 12.1 Å². The summed E-state index contributed by atoms with van der Waals surface area (Å²) in [5.41, 5.74) is 12.6. The summed E-state index contributed by atoms with van der Waals surface area (Å²) in [6, 6.07) is 41.9. The van der Waals surface area contributed by atoms with Gasteiger partial charge in [0.05, 0.1) is 11.6 Å². The van der Waals surface area contributed by atoms with Crippen molar-refractivity contribution in [1.29, 1.82) is 5.26 Å². The summed E-state index contributed by atoms with van der Waals surface area (Å²) in [4.78, 5) is 14.8. The van der Waals surface area contributed by atoms with Crippen molar-refractivity contribution in [1.82, 2.24) is 15.0 Å². The highest BCUT2D eigenvalue weighted by Crippen LogP contribution is 2.48. The SMILES string of the molecule is C=CC=CC=Cc1nc(-c2ccccc2)nc(-c2ccc3ccc4c5c3c2C=CC5CC=C4c2ccc(-c3ccc4oc5ccc(C#N)cc5c4c3)cc2)n1. The highest BCUT2D eigenvalue weighted by atomic mass is 16.3. The van der Waals surface area contributed by atoms with Gasteiger partial charge in [0.25, 0.3) is 0 Å². The predicted octanol–water partition coefficient (Wildman–Crippen LogP) is 12.5. The molecule has 0 saturated carbocycles. The van der Waals surface area contributed by atoms with E-state index >= 15 is 0 Å². The first-order valence-corrected chi connectivity index (χ1v) is 18.4. The van der Waals surface area contributed by atoms with Crippen LogP contribution >= 0.6 is 0 Å². The number of benzene rings is 6. The van der Waals surface area contributed by atoms with Crippen LogP contribution in [0, 0.1) is 11.3 Å². The van der Waals surface area contributed by atoms with Crippen molar-refractivity contribution >= 4 is 50.4 Å². The minimum atomic E-state index is 0.288. The van der Waals surface area contributed by atoms with Crippen LogP contribution in [0.3, 0.4) is 0 Å². The summed E-state index contributed by atoms with van der Waals surface area (Å²) in [5.74, 6) is 2.17. The second-order valence-corrected chi connectivity index (χ2v) is 13.9. The third kappa shape index (κ3) is 5.60. The van der Waals surface area contributed by atoms with Gasteiger partial charge in [0.1, 0.15) is 11.2 Å². The van der Waals surface area contributed by atoms with Gasteiger partial charge in [-0.05, 0) is 98.6 Å². The van der Waals surface area contributed by atoms with E-state index in [0.717, 1.165) is 56.2 Å². The van der Waals surface area contributed by atoms with Crippen molar-refractivity contribution in [3.8, 4) is 40.0 Å². The van der Waals surface area contributed by atoms with Crippen molar-refractivity contribution in [3.05, 3.63) is 192 Å². The van der Waals surface area contributed by atoms with Crippen molar-refractivity contribution in [2.45, 2.75) is 12.3 Å². The Kier molecular flexibility index (Phi) is 7.75. The van der Waals surface area contributed by atoms with Crippen molar-refractivity contribution < 1.29 is 4.42 Å². The largest absolute Gasteiger partial charge is 0.456 e. The first-order valence-electron chi connectivity index (χ1n) is 18.4. The van der Waals surface area contributed by atoms with Crippen LogP contribution in [0.4, 0.5) is 0 Å². The molecule has 1 atom stereocenters. The first-order chi connectivity index (χ1) is 27.1. The van der Waals surface area contributed by atoms with E-state index in [-0.39, 0.29) is 5.92 Å². The lowest BCUT2D eigenvalue weighted by molar-refractivity contribution is 0.669. The van der Waals surface area contributed by atoms with Crippen molar-refractivity contribution in [2.24, 2.45) is 0 Å². The fourth-order valence-electron chi connectivity index (χ4n) is 8.05. The lowest BCUT2D eigenvalue weighted by Gasteiger charge is -2.30. The average Bonchev–Trinajstić information content (AvgIpc) is 3.61. The van der Waals surface area contributed by atoms with Crippen molar-refractivity contribution in [3.63, 3.8) is 0 Å². The van der Waals surface area contributed by atoms with Crippen LogP contribution < -0.4 is 0 Å². The lowest BCUT2D eigenvalue weighted by atomic mass is 9.74. The molecule has 5 nitrogen and oxygen atoms in total. The summed E-state index contributed by atoms with van der Waals surface area (Å²) in [7, 11) is 0. The summed E-state index contributed by atoms with van der Waals surface area (Å²) in [5, 5.41) is 13.9. The molecule has 0 aliphatic heterocycles. The molecular weight excluding hydrogens is 673 g/mol. The Morgan fingerprint density at radius 2 is 1.44 bits per heavy atom. The maximum Gasteiger partial charge on any atom is 0.164 e. The van der Waals surface area contributed by atoms with Gasteiger partial charge in [-0.2, -0.15) is 5.26 Å². The summed E-state index contributed by atoms with van der Waals surface area (Å²) in [6.07, 6.45) is 17.3. The monoisotopic (exact) mass is 704 g/mol. The van der Waals surface area contributed by atoms with Crippen LogP contribution in [-0.2, 0) is 0 Å². The molecule has 5 heteroatoms. The number of nitrogens with zero attached hydrogens (tertiary/aromatic N) is 4. The Morgan fingerprint density at radius 1 is 0.691 bits per heavy atom. The van der Waals surface area contributed by atoms with Crippen molar-refractivity contribution in [2.75, 3.05) is 0 Å². The van der Waals surface area contributed by atoms with Crippen LogP contribution in [0.5, 0.6) is 0 Å². The topological polar surface area (TPSA) is 75.6 Å². The van der Waals surface area contributed by atoms with Gasteiger partial charge >= 0.3 is 0 Å². The zero-order chi connectivity index (χ0) is 36.9. The second kappa shape index (κ2) is 13.2. The molecule has 258 valence electrons. The Hall–Kier alpha value is -7.42. The summed E-state index contributed by atoms with van der Waals surface area (Å²) in [6.45, 7) is 3.76. The van der Waals surface area contributed by atoms with Gasteiger partial charge in [-0.25, -0.2) is 15.0 Å². The Labute approximate surface area is 318 Å². The predicted molar refractivity (Wildman–Crippen MR) is 224 cm³/mol. The number of rotatable bonds is 7. The highest BCUT2D eigenvalue weighted by Gasteiger charge is 2.28. The van der Waals surface area contributed by atoms with Gasteiger partial charge in [-0.1, -0.05) is 128 Å². The van der Waals surface area contributed by atoms with Crippen LogP contribution in [0.25, 0.3) is 84.3 Å². The zero-order valence-corrected chi connectivity index (χ0v) is 29.8. The van der Waals surface area contributed by atoms with Gasteiger partial charge < -0.3 is 4.42 Å². The maximum atomic E-state index is 9.47. The molecule has 55 heavy (non-hydrogen) atoms. The molecule has 0 N–H and O–H groups in total. The van der Waals surface area contributed by atoms with E-state index in [4.69, 9.17) is 19.4 Å². The Balaban J connectivity index is 1.04. The normalized spacial score (nSPS) is 14.6. The van der Waals surface area contributed by atoms with E-state index < -0.39 is 0 Å². The van der Waals surface area contributed by atoms with Gasteiger partial charge in [0.2, 0.25) is 0 Å². The van der Waals surface area contributed by atoms with Gasteiger partial charge in [-0.3, -0.25) is 0 Å². The maximum absolute atomic E-state index is 9.47. The molecule has 0 saturated heterocycles. The molecule has 0 radical (unpaired) electrons. The summed E-state index contributed by atoms with van der Waals surface area (Å²) < 4.78 is 6.07. The molecular formula is C50H32N4O. The average molecular weight is 705 g/mol. The quantitative estimate of drug-likeness (QED) is 0.154. The molecule has 10 rings (SSSR count). The van der Waals surface area contributed by atoms with E-state index in [1.807, 2.05) is 72.8 Å². The fourth-order valence-corrected chi connectivity index (χ4v) is 8.05. The standard InChI is InChI=1S/C50H32N4O/c1-2-3-4-8-11-46-52-49(36-9-6-5-7-10-36)54-50(53-46)41-25-20-35-18-23-39-38(22-17-34-19-24-40(41)48(35)47(34)39)33-15-13-32(14-16-33)37-21-27-45-43(29-37)42-28-31(30-51)12-26-44(42)55-45/h2-16,18-29,34H,1,17H2. The van der Waals surface area contributed by atoms with Crippen LogP contribution in [-0.4, -0.2) is 15.0 Å². The van der Waals surface area contributed by atoms with E-state index in [9.17, 15) is 5.26 Å². The van der Waals surface area contributed by atoms with Gasteiger partial charge in [0, 0.05) is 27.8 Å². The number of hydrogen-bond acceptors (Lipinski definition) is 5. The number of furan rings is 1. The fraction of sp³-hybridized carbons (Fsp3) is 0.0400. The van der Waals surface area contributed by atoms with E-state index in [0.29, 0.717) is 23.0 Å². The molecule has 0 bridgehead atoms. The molecule has 0 amide bonds. The molecule has 2 heterocycles. The smallest absolute Gasteiger partial charge is 0.164 e. The zero-order valence-electron chi connectivity index (χ0n) is 29.8. The molecule has 8 aromatic rings. The van der Waals surface area contributed by atoms with Crippen LogP contribution in [0.2, 0.25) is 0 Å². The molecule has 1 unspecified atom stereocenters. The second-order valence-electron chi connectivity index (χ2n) is 13.9. The van der Waals surface area contributed by atoms with Crippen LogP contribution in [0.15, 0.2) is 163 Å². The third-order valence-electron chi connectivity index (χ3n) is 10.7. The highest BCUT2D eigenvalue weighted by molar-refractivity contribution is 6.07. The number of nitriles is 1. The Morgan fingerprint density at radius 3 is 2.25 bits per heavy atom.